The average molecular weight is 417 g/mol. The van der Waals surface area contributed by atoms with Crippen molar-refractivity contribution in [2.24, 2.45) is 0 Å². The lowest BCUT2D eigenvalue weighted by atomic mass is 10.0. The van der Waals surface area contributed by atoms with Crippen LogP contribution in [0.15, 0.2) is 48.5 Å². The Bertz CT molecular complexity index is 1090. The first-order chi connectivity index (χ1) is 15.2. The minimum Gasteiger partial charge on any atom is -0.491 e. The predicted octanol–water partition coefficient (Wildman–Crippen LogP) is 3.66. The fourth-order valence-corrected chi connectivity index (χ4v) is 3.42. The molecule has 2 aliphatic rings. The van der Waals surface area contributed by atoms with Gasteiger partial charge >= 0.3 is 0 Å². The first-order valence-corrected chi connectivity index (χ1v) is 10.5. The van der Waals surface area contributed by atoms with Crippen LogP contribution in [0.1, 0.15) is 12.5 Å². The third-order valence-electron chi connectivity index (χ3n) is 5.30. The lowest BCUT2D eigenvalue weighted by Crippen LogP contribution is -2.04. The summed E-state index contributed by atoms with van der Waals surface area (Å²) in [7, 11) is 0. The van der Waals surface area contributed by atoms with Gasteiger partial charge in [-0.1, -0.05) is 0 Å². The minimum atomic E-state index is 0.214. The zero-order valence-electron chi connectivity index (χ0n) is 17.3. The highest BCUT2D eigenvalue weighted by Crippen LogP contribution is 2.33. The van der Waals surface area contributed by atoms with Crippen LogP contribution < -0.4 is 9.47 Å². The highest BCUT2D eigenvalue weighted by atomic mass is 16.6. The van der Waals surface area contributed by atoms with E-state index in [9.17, 15) is 5.26 Å². The van der Waals surface area contributed by atoms with Gasteiger partial charge in [0.05, 0.1) is 18.9 Å². The van der Waals surface area contributed by atoms with Crippen LogP contribution >= 0.6 is 0 Å². The van der Waals surface area contributed by atoms with Gasteiger partial charge in [0.1, 0.15) is 54.2 Å². The summed E-state index contributed by atoms with van der Waals surface area (Å²) < 4.78 is 23.7. The number of nitriles is 1. The molecule has 0 saturated carbocycles. The van der Waals surface area contributed by atoms with E-state index in [4.69, 9.17) is 24.0 Å². The van der Waals surface area contributed by atoms with E-state index in [-0.39, 0.29) is 12.2 Å². The molecule has 0 bridgehead atoms. The molecule has 2 atom stereocenters. The van der Waals surface area contributed by atoms with Crippen LogP contribution in [-0.4, -0.2) is 48.4 Å². The number of ether oxygens (including phenoxy) is 4. The number of aromatic nitrogens is 2. The molecule has 3 heterocycles. The highest BCUT2D eigenvalue weighted by Gasteiger charge is 2.24. The molecule has 0 radical (unpaired) electrons. The summed E-state index contributed by atoms with van der Waals surface area (Å²) in [5.41, 5.74) is 3.84. The molecular weight excluding hydrogens is 394 g/mol. The quantitative estimate of drug-likeness (QED) is 0.494. The summed E-state index contributed by atoms with van der Waals surface area (Å²) in [6, 6.07) is 17.8. The van der Waals surface area contributed by atoms with Crippen molar-refractivity contribution in [1.29, 1.82) is 5.26 Å². The van der Waals surface area contributed by atoms with Crippen LogP contribution in [0, 0.1) is 11.3 Å². The molecule has 0 N–H and O–H groups in total. The van der Waals surface area contributed by atoms with Crippen LogP contribution in [0.4, 0.5) is 0 Å². The number of epoxide rings is 2. The van der Waals surface area contributed by atoms with Gasteiger partial charge in [-0.3, -0.25) is 4.68 Å². The minimum absolute atomic E-state index is 0.214. The molecule has 2 aromatic carbocycles. The van der Waals surface area contributed by atoms with Gasteiger partial charge in [-0.15, -0.1) is 0 Å². The third kappa shape index (κ3) is 4.41. The van der Waals surface area contributed by atoms with E-state index < -0.39 is 0 Å². The van der Waals surface area contributed by atoms with Crippen molar-refractivity contribution in [3.8, 4) is 40.1 Å². The van der Waals surface area contributed by atoms with Gasteiger partial charge in [-0.25, -0.2) is 0 Å². The van der Waals surface area contributed by atoms with Gasteiger partial charge in [0.15, 0.2) is 0 Å². The van der Waals surface area contributed by atoms with Crippen LogP contribution in [0.5, 0.6) is 11.5 Å². The lowest BCUT2D eigenvalue weighted by Gasteiger charge is -2.08. The Morgan fingerprint density at radius 1 is 0.935 bits per heavy atom. The van der Waals surface area contributed by atoms with Gasteiger partial charge < -0.3 is 18.9 Å². The summed E-state index contributed by atoms with van der Waals surface area (Å²) in [6.45, 7) is 5.33. The molecule has 0 aliphatic carbocycles. The standard InChI is InChI=1S/C24H23N3O4/c1-2-27-24(17-5-9-19(10-6-17)29-13-21-15-31-21)22(11-25)23(26-27)16-3-7-18(8-4-16)28-12-20-14-30-20/h3-10,20-21H,2,12-15H2,1H3. The van der Waals surface area contributed by atoms with Gasteiger partial charge in [0.2, 0.25) is 0 Å². The fourth-order valence-electron chi connectivity index (χ4n) is 3.42. The summed E-state index contributed by atoms with van der Waals surface area (Å²) in [6.07, 6.45) is 0.430. The molecule has 5 rings (SSSR count). The molecule has 3 aromatic rings. The van der Waals surface area contributed by atoms with E-state index in [1.54, 1.807) is 0 Å². The molecule has 0 amide bonds. The van der Waals surface area contributed by atoms with E-state index in [1.807, 2.05) is 60.1 Å². The molecule has 0 spiro atoms. The molecule has 2 aliphatic heterocycles. The zero-order valence-corrected chi connectivity index (χ0v) is 17.3. The van der Waals surface area contributed by atoms with E-state index in [0.717, 1.165) is 41.5 Å². The number of hydrogen-bond acceptors (Lipinski definition) is 6. The van der Waals surface area contributed by atoms with E-state index in [2.05, 4.69) is 6.07 Å². The summed E-state index contributed by atoms with van der Waals surface area (Å²) in [5.74, 6) is 1.56. The lowest BCUT2D eigenvalue weighted by molar-refractivity contribution is 0.263. The Labute approximate surface area is 180 Å². The van der Waals surface area contributed by atoms with Crippen LogP contribution in [0.2, 0.25) is 0 Å². The number of rotatable bonds is 9. The summed E-state index contributed by atoms with van der Waals surface area (Å²) >= 11 is 0. The van der Waals surface area contributed by atoms with Crippen LogP contribution in [0.3, 0.4) is 0 Å². The molecule has 7 heteroatoms. The maximum atomic E-state index is 9.96. The maximum absolute atomic E-state index is 9.96. The largest absolute Gasteiger partial charge is 0.491 e. The monoisotopic (exact) mass is 417 g/mol. The van der Waals surface area contributed by atoms with Gasteiger partial charge in [0.25, 0.3) is 0 Å². The Kier molecular flexibility index (Phi) is 5.33. The van der Waals surface area contributed by atoms with E-state index in [1.165, 1.54) is 0 Å². The molecule has 2 fully saturated rings. The van der Waals surface area contributed by atoms with Gasteiger partial charge in [-0.2, -0.15) is 10.4 Å². The highest BCUT2D eigenvalue weighted by molar-refractivity contribution is 5.78. The third-order valence-corrected chi connectivity index (χ3v) is 5.30. The molecule has 158 valence electrons. The zero-order chi connectivity index (χ0) is 21.2. The first kappa shape index (κ1) is 19.6. The molecule has 7 nitrogen and oxygen atoms in total. The number of nitrogens with zero attached hydrogens (tertiary/aromatic N) is 3. The number of aryl methyl sites for hydroxylation is 1. The Hall–Kier alpha value is -3.34. The fraction of sp³-hybridized carbons (Fsp3) is 0.333. The van der Waals surface area contributed by atoms with Crippen molar-refractivity contribution in [2.45, 2.75) is 25.7 Å². The summed E-state index contributed by atoms with van der Waals surface area (Å²) in [5, 5.41) is 14.7. The average Bonchev–Trinajstić information content (AvgIpc) is 3.74. The smallest absolute Gasteiger partial charge is 0.119 e. The molecule has 31 heavy (non-hydrogen) atoms. The first-order valence-electron chi connectivity index (χ1n) is 10.5. The molecule has 2 unspecified atom stereocenters. The number of benzene rings is 2. The molecular formula is C24H23N3O4. The van der Waals surface area contributed by atoms with Crippen molar-refractivity contribution in [3.05, 3.63) is 54.1 Å². The molecule has 2 saturated heterocycles. The maximum Gasteiger partial charge on any atom is 0.119 e. The normalized spacial score (nSPS) is 19.0. The Balaban J connectivity index is 1.41. The van der Waals surface area contributed by atoms with Crippen molar-refractivity contribution >= 4 is 0 Å². The summed E-state index contributed by atoms with van der Waals surface area (Å²) in [4.78, 5) is 0. The second-order valence-corrected chi connectivity index (χ2v) is 7.58. The van der Waals surface area contributed by atoms with Gasteiger partial charge in [-0.05, 0) is 55.5 Å². The van der Waals surface area contributed by atoms with Crippen molar-refractivity contribution in [2.75, 3.05) is 26.4 Å². The second-order valence-electron chi connectivity index (χ2n) is 7.58. The van der Waals surface area contributed by atoms with Crippen LogP contribution in [0.25, 0.3) is 22.5 Å². The van der Waals surface area contributed by atoms with Crippen LogP contribution in [-0.2, 0) is 16.0 Å². The van der Waals surface area contributed by atoms with E-state index in [0.29, 0.717) is 31.0 Å². The Morgan fingerprint density at radius 3 is 1.90 bits per heavy atom. The Morgan fingerprint density at radius 2 is 1.45 bits per heavy atom. The number of hydrogen-bond donors (Lipinski definition) is 0. The predicted molar refractivity (Wildman–Crippen MR) is 114 cm³/mol. The van der Waals surface area contributed by atoms with Crippen molar-refractivity contribution in [3.63, 3.8) is 0 Å². The van der Waals surface area contributed by atoms with Crippen molar-refractivity contribution < 1.29 is 18.9 Å². The SMILES string of the molecule is CCn1nc(-c2ccc(OCC3CO3)cc2)c(C#N)c1-c1ccc(OCC2CO2)cc1. The van der Waals surface area contributed by atoms with Gasteiger partial charge in [0, 0.05) is 17.7 Å². The van der Waals surface area contributed by atoms with Crippen molar-refractivity contribution in [1.82, 2.24) is 9.78 Å². The molecule has 1 aromatic heterocycles. The second kappa shape index (κ2) is 8.42. The topological polar surface area (TPSA) is 85.1 Å². The van der Waals surface area contributed by atoms with E-state index >= 15 is 0 Å².